The molecule has 3 nitrogen and oxygen atoms in total. The zero-order valence-corrected chi connectivity index (χ0v) is 10.3. The Morgan fingerprint density at radius 1 is 1.24 bits per heavy atom. The number of aliphatic hydroxyl groups is 2. The Bertz CT molecular complexity index is 340. The molecule has 0 amide bonds. The van der Waals surface area contributed by atoms with Gasteiger partial charge in [-0.15, -0.1) is 0 Å². The van der Waals surface area contributed by atoms with Crippen LogP contribution in [0.4, 0.5) is 5.69 Å². The Balaban J connectivity index is 1.99. The van der Waals surface area contributed by atoms with E-state index in [2.05, 4.69) is 17.0 Å². The van der Waals surface area contributed by atoms with Crippen LogP contribution in [0.25, 0.3) is 0 Å². The molecule has 3 heteroatoms. The highest BCUT2D eigenvalue weighted by atomic mass is 16.3. The topological polar surface area (TPSA) is 43.7 Å². The lowest BCUT2D eigenvalue weighted by atomic mass is 9.97. The summed E-state index contributed by atoms with van der Waals surface area (Å²) >= 11 is 0. The van der Waals surface area contributed by atoms with E-state index in [1.165, 1.54) is 5.69 Å². The second-order valence-electron chi connectivity index (χ2n) is 4.88. The van der Waals surface area contributed by atoms with Crippen molar-refractivity contribution in [3.8, 4) is 0 Å². The summed E-state index contributed by atoms with van der Waals surface area (Å²) in [6, 6.07) is 8.11. The van der Waals surface area contributed by atoms with Gasteiger partial charge in [-0.2, -0.15) is 0 Å². The number of nitrogens with zero attached hydrogens (tertiary/aromatic N) is 1. The fourth-order valence-corrected chi connectivity index (χ4v) is 2.34. The first-order valence-electron chi connectivity index (χ1n) is 6.34. The summed E-state index contributed by atoms with van der Waals surface area (Å²) in [5, 5.41) is 18.5. The van der Waals surface area contributed by atoms with Crippen molar-refractivity contribution in [1.82, 2.24) is 0 Å². The molecule has 1 aliphatic rings. The predicted octanol–water partition coefficient (Wildman–Crippen LogP) is 1.95. The van der Waals surface area contributed by atoms with E-state index >= 15 is 0 Å². The molecule has 1 aliphatic heterocycles. The Hall–Kier alpha value is -1.06. The van der Waals surface area contributed by atoms with E-state index in [0.717, 1.165) is 31.5 Å². The Morgan fingerprint density at radius 3 is 2.29 bits per heavy atom. The van der Waals surface area contributed by atoms with Gasteiger partial charge in [0, 0.05) is 25.4 Å². The molecule has 0 unspecified atom stereocenters. The molecule has 2 rings (SSSR count). The molecule has 1 aromatic carbocycles. The second-order valence-corrected chi connectivity index (χ2v) is 4.88. The van der Waals surface area contributed by atoms with Crippen molar-refractivity contribution < 1.29 is 10.2 Å². The van der Waals surface area contributed by atoms with Gasteiger partial charge in [-0.25, -0.2) is 0 Å². The molecule has 0 aromatic heterocycles. The van der Waals surface area contributed by atoms with Crippen molar-refractivity contribution in [2.24, 2.45) is 5.92 Å². The quantitative estimate of drug-likeness (QED) is 0.841. The van der Waals surface area contributed by atoms with Crippen LogP contribution in [-0.2, 0) is 0 Å². The van der Waals surface area contributed by atoms with Crippen molar-refractivity contribution in [2.75, 3.05) is 24.6 Å². The van der Waals surface area contributed by atoms with Crippen LogP contribution in [0.15, 0.2) is 24.3 Å². The Labute approximate surface area is 103 Å². The normalized spacial score (nSPS) is 19.4. The molecule has 0 aliphatic carbocycles. The number of anilines is 1. The van der Waals surface area contributed by atoms with Crippen molar-refractivity contribution in [2.45, 2.75) is 25.9 Å². The van der Waals surface area contributed by atoms with Crippen molar-refractivity contribution in [3.63, 3.8) is 0 Å². The summed E-state index contributed by atoms with van der Waals surface area (Å²) in [4.78, 5) is 2.35. The molecule has 0 bridgehead atoms. The fraction of sp³-hybridized carbons (Fsp3) is 0.571. The SMILES string of the molecule is C[C@H](O)c1ccc(N2CCC(CO)CC2)cc1. The molecule has 0 spiro atoms. The predicted molar refractivity (Wildman–Crippen MR) is 69.1 cm³/mol. The van der Waals surface area contributed by atoms with Crippen LogP contribution < -0.4 is 4.90 Å². The van der Waals surface area contributed by atoms with Gasteiger partial charge in [0.1, 0.15) is 0 Å². The van der Waals surface area contributed by atoms with Crippen LogP contribution in [0.3, 0.4) is 0 Å². The lowest BCUT2D eigenvalue weighted by Crippen LogP contribution is -2.34. The average molecular weight is 235 g/mol. The highest BCUT2D eigenvalue weighted by Crippen LogP contribution is 2.24. The zero-order chi connectivity index (χ0) is 12.3. The molecule has 17 heavy (non-hydrogen) atoms. The van der Waals surface area contributed by atoms with Crippen LogP contribution in [0, 0.1) is 5.92 Å². The minimum absolute atomic E-state index is 0.314. The molecule has 0 radical (unpaired) electrons. The molecule has 1 fully saturated rings. The van der Waals surface area contributed by atoms with E-state index < -0.39 is 6.10 Å². The lowest BCUT2D eigenvalue weighted by Gasteiger charge is -2.33. The van der Waals surface area contributed by atoms with E-state index in [1.54, 1.807) is 6.92 Å². The summed E-state index contributed by atoms with van der Waals surface area (Å²) < 4.78 is 0. The summed E-state index contributed by atoms with van der Waals surface area (Å²) in [5.74, 6) is 0.475. The second kappa shape index (κ2) is 5.52. The molecule has 1 saturated heterocycles. The molecule has 0 saturated carbocycles. The lowest BCUT2D eigenvalue weighted by molar-refractivity contribution is 0.199. The molecule has 1 aromatic rings. The Kier molecular flexibility index (Phi) is 4.02. The number of hydrogen-bond acceptors (Lipinski definition) is 3. The summed E-state index contributed by atoms with van der Waals surface area (Å²) in [6.45, 7) is 4.12. The van der Waals surface area contributed by atoms with E-state index in [1.807, 2.05) is 12.1 Å². The van der Waals surface area contributed by atoms with Gasteiger partial charge in [0.25, 0.3) is 0 Å². The number of aliphatic hydroxyl groups excluding tert-OH is 2. The van der Waals surface area contributed by atoms with Crippen LogP contribution in [0.1, 0.15) is 31.4 Å². The molecular formula is C14H21NO2. The van der Waals surface area contributed by atoms with Gasteiger partial charge in [0.15, 0.2) is 0 Å². The Morgan fingerprint density at radius 2 is 1.82 bits per heavy atom. The first kappa shape index (κ1) is 12.4. The standard InChI is InChI=1S/C14H21NO2/c1-11(17)13-2-4-14(5-3-13)15-8-6-12(10-16)7-9-15/h2-5,11-12,16-17H,6-10H2,1H3/t11-/m0/s1. The maximum absolute atomic E-state index is 9.45. The molecule has 1 atom stereocenters. The highest BCUT2D eigenvalue weighted by Gasteiger charge is 2.18. The maximum Gasteiger partial charge on any atom is 0.0761 e. The van der Waals surface area contributed by atoms with Crippen molar-refractivity contribution >= 4 is 5.69 Å². The average Bonchev–Trinajstić information content (AvgIpc) is 2.39. The van der Waals surface area contributed by atoms with Crippen molar-refractivity contribution in [1.29, 1.82) is 0 Å². The molecule has 2 N–H and O–H groups in total. The third kappa shape index (κ3) is 2.99. The molecule has 1 heterocycles. The third-order valence-corrected chi connectivity index (χ3v) is 3.61. The number of piperidine rings is 1. The molecular weight excluding hydrogens is 214 g/mol. The summed E-state index contributed by atoms with van der Waals surface area (Å²) in [7, 11) is 0. The fourth-order valence-electron chi connectivity index (χ4n) is 2.34. The number of rotatable bonds is 3. The number of benzene rings is 1. The summed E-state index contributed by atoms with van der Waals surface area (Å²) in [6.07, 6.45) is 1.73. The van der Waals surface area contributed by atoms with E-state index in [9.17, 15) is 5.11 Å². The van der Waals surface area contributed by atoms with Crippen LogP contribution in [0.5, 0.6) is 0 Å². The van der Waals surface area contributed by atoms with Gasteiger partial charge >= 0.3 is 0 Å². The monoisotopic (exact) mass is 235 g/mol. The van der Waals surface area contributed by atoms with Crippen molar-refractivity contribution in [3.05, 3.63) is 29.8 Å². The molecule has 94 valence electrons. The van der Waals surface area contributed by atoms with Gasteiger partial charge in [-0.3, -0.25) is 0 Å². The van der Waals surface area contributed by atoms with E-state index in [4.69, 9.17) is 5.11 Å². The first-order chi connectivity index (χ1) is 8.20. The van der Waals surface area contributed by atoms with Crippen LogP contribution >= 0.6 is 0 Å². The van der Waals surface area contributed by atoms with Gasteiger partial charge in [-0.05, 0) is 43.4 Å². The minimum Gasteiger partial charge on any atom is -0.396 e. The van der Waals surface area contributed by atoms with E-state index in [0.29, 0.717) is 12.5 Å². The van der Waals surface area contributed by atoms with Gasteiger partial charge in [-0.1, -0.05) is 12.1 Å². The van der Waals surface area contributed by atoms with E-state index in [-0.39, 0.29) is 0 Å². The van der Waals surface area contributed by atoms with Crippen LogP contribution in [0.2, 0.25) is 0 Å². The third-order valence-electron chi connectivity index (χ3n) is 3.61. The summed E-state index contributed by atoms with van der Waals surface area (Å²) in [5.41, 5.74) is 2.17. The number of hydrogen-bond donors (Lipinski definition) is 2. The van der Waals surface area contributed by atoms with Crippen LogP contribution in [-0.4, -0.2) is 29.9 Å². The largest absolute Gasteiger partial charge is 0.396 e. The van der Waals surface area contributed by atoms with Gasteiger partial charge in [0.05, 0.1) is 6.10 Å². The zero-order valence-electron chi connectivity index (χ0n) is 10.3. The minimum atomic E-state index is -0.399. The van der Waals surface area contributed by atoms with Gasteiger partial charge < -0.3 is 15.1 Å². The smallest absolute Gasteiger partial charge is 0.0761 e. The first-order valence-corrected chi connectivity index (χ1v) is 6.34. The highest BCUT2D eigenvalue weighted by molar-refractivity contribution is 5.48. The maximum atomic E-state index is 9.45. The van der Waals surface area contributed by atoms with Gasteiger partial charge in [0.2, 0.25) is 0 Å².